The maximum Gasteiger partial charge on any atom is 0.213 e. The van der Waals surface area contributed by atoms with Crippen LogP contribution >= 0.6 is 0 Å². The molecule has 0 aromatic heterocycles. The second kappa shape index (κ2) is 11.8. The van der Waals surface area contributed by atoms with Crippen molar-refractivity contribution in [1.29, 1.82) is 0 Å². The molecule has 0 bridgehead atoms. The molecule has 0 fully saturated rings. The molecule has 0 spiro atoms. The molecule has 7 nitrogen and oxygen atoms in total. The van der Waals surface area contributed by atoms with Gasteiger partial charge in [-0.2, -0.15) is 0 Å². The average molecular weight is 399 g/mol. The number of guanidine groups is 1. The number of benzene rings is 1. The zero-order valence-electron chi connectivity index (χ0n) is 17.2. The van der Waals surface area contributed by atoms with Gasteiger partial charge in [0.05, 0.1) is 12.9 Å². The molecule has 0 amide bonds. The molecule has 1 rings (SSSR count). The van der Waals surface area contributed by atoms with Gasteiger partial charge in [-0.1, -0.05) is 19.1 Å². The molecule has 0 aliphatic carbocycles. The summed E-state index contributed by atoms with van der Waals surface area (Å²) in [4.78, 5) is 4.21. The van der Waals surface area contributed by atoms with Crippen LogP contribution in [0.25, 0.3) is 0 Å². The lowest BCUT2D eigenvalue weighted by atomic mass is 9.98. The van der Waals surface area contributed by atoms with Crippen LogP contribution in [0, 0.1) is 0 Å². The van der Waals surface area contributed by atoms with Crippen LogP contribution in [0.5, 0.6) is 5.75 Å². The summed E-state index contributed by atoms with van der Waals surface area (Å²) in [7, 11) is 1.91. The van der Waals surface area contributed by atoms with E-state index in [1.54, 1.807) is 28.1 Å². The Bertz CT molecular complexity index is 675. The molecule has 1 unspecified atom stereocenters. The van der Waals surface area contributed by atoms with Gasteiger partial charge >= 0.3 is 0 Å². The van der Waals surface area contributed by atoms with E-state index in [4.69, 9.17) is 4.74 Å². The standard InChI is InChI=1S/C19H34N4O3S/c1-6-27(24,25)23(4)15-7-13-21-19(20-3)22-14-12-16(2)17-8-10-18(26-5)11-9-17/h8-11,16H,6-7,12-15H2,1-5H3,(H2,20,21,22). The van der Waals surface area contributed by atoms with Crippen LogP contribution in [0.3, 0.4) is 0 Å². The number of aliphatic imine (C=N–C) groups is 1. The topological polar surface area (TPSA) is 83.0 Å². The Balaban J connectivity index is 2.29. The number of nitrogens with zero attached hydrogens (tertiary/aromatic N) is 2. The summed E-state index contributed by atoms with van der Waals surface area (Å²) in [6.45, 7) is 5.81. The number of ether oxygens (including phenoxy) is 1. The molecular weight excluding hydrogens is 364 g/mol. The largest absolute Gasteiger partial charge is 0.497 e. The lowest BCUT2D eigenvalue weighted by Gasteiger charge is -2.17. The van der Waals surface area contributed by atoms with Crippen molar-refractivity contribution in [2.75, 3.05) is 46.6 Å². The monoisotopic (exact) mass is 398 g/mol. The maximum atomic E-state index is 11.7. The van der Waals surface area contributed by atoms with Crippen LogP contribution < -0.4 is 15.4 Å². The van der Waals surface area contributed by atoms with Crippen molar-refractivity contribution in [3.05, 3.63) is 29.8 Å². The van der Waals surface area contributed by atoms with Crippen LogP contribution in [0.15, 0.2) is 29.3 Å². The highest BCUT2D eigenvalue weighted by molar-refractivity contribution is 7.89. The molecule has 154 valence electrons. The molecule has 0 radical (unpaired) electrons. The Kier molecular flexibility index (Phi) is 10.2. The van der Waals surface area contributed by atoms with Gasteiger partial charge in [-0.05, 0) is 43.4 Å². The third-order valence-electron chi connectivity index (χ3n) is 4.56. The van der Waals surface area contributed by atoms with E-state index in [0.717, 1.165) is 31.1 Å². The van der Waals surface area contributed by atoms with E-state index in [1.807, 2.05) is 12.1 Å². The van der Waals surface area contributed by atoms with Crippen molar-refractivity contribution in [2.45, 2.75) is 32.6 Å². The predicted molar refractivity (Wildman–Crippen MR) is 112 cm³/mol. The minimum atomic E-state index is -3.11. The number of rotatable bonds is 11. The van der Waals surface area contributed by atoms with Gasteiger partial charge in [0.2, 0.25) is 10.0 Å². The molecule has 0 aliphatic heterocycles. The Labute approximate surface area is 164 Å². The first-order chi connectivity index (χ1) is 12.8. The smallest absolute Gasteiger partial charge is 0.213 e. The Morgan fingerprint density at radius 2 is 1.85 bits per heavy atom. The van der Waals surface area contributed by atoms with E-state index >= 15 is 0 Å². The van der Waals surface area contributed by atoms with Gasteiger partial charge in [0.1, 0.15) is 5.75 Å². The zero-order valence-corrected chi connectivity index (χ0v) is 18.0. The minimum absolute atomic E-state index is 0.131. The van der Waals surface area contributed by atoms with E-state index < -0.39 is 10.0 Å². The fourth-order valence-electron chi connectivity index (χ4n) is 2.59. The minimum Gasteiger partial charge on any atom is -0.497 e. The third kappa shape index (κ3) is 8.17. The zero-order chi connectivity index (χ0) is 20.3. The van der Waals surface area contributed by atoms with E-state index in [-0.39, 0.29) is 5.75 Å². The first kappa shape index (κ1) is 23.2. The molecule has 2 N–H and O–H groups in total. The Morgan fingerprint density at radius 3 is 2.41 bits per heavy atom. The highest BCUT2D eigenvalue weighted by Crippen LogP contribution is 2.21. The van der Waals surface area contributed by atoms with Crippen molar-refractivity contribution in [3.8, 4) is 5.75 Å². The van der Waals surface area contributed by atoms with Crippen LogP contribution in [0.2, 0.25) is 0 Å². The average Bonchev–Trinajstić information content (AvgIpc) is 2.69. The van der Waals surface area contributed by atoms with E-state index in [9.17, 15) is 8.42 Å². The van der Waals surface area contributed by atoms with E-state index in [0.29, 0.717) is 19.0 Å². The molecule has 1 atom stereocenters. The first-order valence-electron chi connectivity index (χ1n) is 9.36. The highest BCUT2D eigenvalue weighted by atomic mass is 32.2. The van der Waals surface area contributed by atoms with Gasteiger partial charge in [-0.15, -0.1) is 0 Å². The van der Waals surface area contributed by atoms with Crippen LogP contribution in [-0.4, -0.2) is 65.3 Å². The molecule has 8 heteroatoms. The SMILES string of the molecule is CCS(=O)(=O)N(C)CCCNC(=NC)NCCC(C)c1ccc(OC)cc1. The quantitative estimate of drug-likeness (QED) is 0.339. The van der Waals surface area contributed by atoms with Gasteiger partial charge in [-0.25, -0.2) is 12.7 Å². The second-order valence-corrected chi connectivity index (χ2v) is 8.83. The number of nitrogens with one attached hydrogen (secondary N) is 2. The molecule has 27 heavy (non-hydrogen) atoms. The van der Waals surface area contributed by atoms with Crippen molar-refractivity contribution in [3.63, 3.8) is 0 Å². The van der Waals surface area contributed by atoms with Crippen LogP contribution in [-0.2, 0) is 10.0 Å². The lowest BCUT2D eigenvalue weighted by molar-refractivity contribution is 0.414. The van der Waals surface area contributed by atoms with Crippen molar-refractivity contribution in [2.24, 2.45) is 4.99 Å². The first-order valence-corrected chi connectivity index (χ1v) is 11.0. The van der Waals surface area contributed by atoms with E-state index in [2.05, 4.69) is 34.7 Å². The second-order valence-electron chi connectivity index (χ2n) is 6.46. The van der Waals surface area contributed by atoms with Gasteiger partial charge in [0, 0.05) is 33.7 Å². The summed E-state index contributed by atoms with van der Waals surface area (Å²) >= 11 is 0. The molecule has 0 aliphatic rings. The van der Waals surface area contributed by atoms with Crippen LogP contribution in [0.1, 0.15) is 38.2 Å². The van der Waals surface area contributed by atoms with Gasteiger partial charge in [-0.3, -0.25) is 4.99 Å². The Morgan fingerprint density at radius 1 is 1.22 bits per heavy atom. The summed E-state index contributed by atoms with van der Waals surface area (Å²) < 4.78 is 30.0. The molecular formula is C19H34N4O3S. The maximum absolute atomic E-state index is 11.7. The van der Waals surface area contributed by atoms with Gasteiger partial charge < -0.3 is 15.4 Å². The summed E-state index contributed by atoms with van der Waals surface area (Å²) in [6, 6.07) is 8.15. The third-order valence-corrected chi connectivity index (χ3v) is 6.42. The summed E-state index contributed by atoms with van der Waals surface area (Å²) in [6.07, 6.45) is 1.70. The lowest BCUT2D eigenvalue weighted by Crippen LogP contribution is -2.39. The fraction of sp³-hybridized carbons (Fsp3) is 0.632. The van der Waals surface area contributed by atoms with Crippen LogP contribution in [0.4, 0.5) is 0 Å². The fourth-order valence-corrected chi connectivity index (χ4v) is 3.44. The van der Waals surface area contributed by atoms with Crippen molar-refractivity contribution in [1.82, 2.24) is 14.9 Å². The normalized spacial score (nSPS) is 13.5. The number of methoxy groups -OCH3 is 1. The number of hydrogen-bond acceptors (Lipinski definition) is 4. The van der Waals surface area contributed by atoms with Gasteiger partial charge in [0.25, 0.3) is 0 Å². The summed E-state index contributed by atoms with van der Waals surface area (Å²) in [5.41, 5.74) is 1.28. The molecule has 1 aromatic rings. The predicted octanol–water partition coefficient (Wildman–Crippen LogP) is 2.03. The molecule has 1 aromatic carbocycles. The number of sulfonamides is 1. The van der Waals surface area contributed by atoms with Crippen molar-refractivity contribution < 1.29 is 13.2 Å². The van der Waals surface area contributed by atoms with Crippen molar-refractivity contribution >= 4 is 16.0 Å². The molecule has 0 heterocycles. The molecule has 0 saturated heterocycles. The molecule has 0 saturated carbocycles. The van der Waals surface area contributed by atoms with E-state index in [1.165, 1.54) is 9.87 Å². The van der Waals surface area contributed by atoms with Gasteiger partial charge in [0.15, 0.2) is 5.96 Å². The summed E-state index contributed by atoms with van der Waals surface area (Å²) in [5.74, 6) is 2.16. The highest BCUT2D eigenvalue weighted by Gasteiger charge is 2.14. The summed E-state index contributed by atoms with van der Waals surface area (Å²) in [5, 5.41) is 6.53. The number of hydrogen-bond donors (Lipinski definition) is 2. The Hall–Kier alpha value is -1.80.